The molecule has 7 nitrogen and oxygen atoms in total. The third kappa shape index (κ3) is 3.47. The van der Waals surface area contributed by atoms with Gasteiger partial charge < -0.3 is 10.6 Å². The Bertz CT molecular complexity index is 1160. The maximum Gasteiger partial charge on any atom is 0.123 e. The van der Waals surface area contributed by atoms with Crippen LogP contribution in [0, 0.1) is 22.1 Å². The van der Waals surface area contributed by atoms with Gasteiger partial charge in [-0.1, -0.05) is 6.07 Å². The van der Waals surface area contributed by atoms with Gasteiger partial charge in [0.05, 0.1) is 23.0 Å². The number of fused-ring (bicyclic) bond motifs is 1. The molecular weight excluding hydrogens is 374 g/mol. The molecule has 4 N–H and O–H groups in total. The van der Waals surface area contributed by atoms with Gasteiger partial charge in [0.2, 0.25) is 0 Å². The Kier molecular flexibility index (Phi) is 4.90. The number of nitrogens with one attached hydrogen (secondary N) is 2. The Morgan fingerprint density at radius 1 is 1.07 bits per heavy atom. The third-order valence-corrected chi connectivity index (χ3v) is 5.11. The summed E-state index contributed by atoms with van der Waals surface area (Å²) in [6.07, 6.45) is 2.23. The van der Waals surface area contributed by atoms with E-state index < -0.39 is 0 Å². The summed E-state index contributed by atoms with van der Waals surface area (Å²) < 4.78 is 0. The van der Waals surface area contributed by atoms with E-state index in [2.05, 4.69) is 22.0 Å². The van der Waals surface area contributed by atoms with E-state index in [1.165, 1.54) is 0 Å². The maximum absolute atomic E-state index is 9.12. The van der Waals surface area contributed by atoms with Crippen molar-refractivity contribution in [2.24, 2.45) is 0 Å². The first-order valence-electron chi connectivity index (χ1n) is 9.54. The lowest BCUT2D eigenvalue weighted by Crippen LogP contribution is -2.33. The first-order valence-corrected chi connectivity index (χ1v) is 9.54. The Balaban J connectivity index is 1.89. The summed E-state index contributed by atoms with van der Waals surface area (Å²) in [6, 6.07) is 19.2. The molecule has 4 rings (SSSR count). The van der Waals surface area contributed by atoms with Crippen LogP contribution in [0.25, 0.3) is 11.1 Å². The zero-order valence-electron chi connectivity index (χ0n) is 16.6. The van der Waals surface area contributed by atoms with Crippen LogP contribution < -0.4 is 15.5 Å². The van der Waals surface area contributed by atoms with Crippen LogP contribution in [0.5, 0.6) is 0 Å². The molecule has 0 radical (unpaired) electrons. The predicted octanol–water partition coefficient (Wildman–Crippen LogP) is 4.53. The predicted molar refractivity (Wildman–Crippen MR) is 120 cm³/mol. The maximum atomic E-state index is 9.12. The van der Waals surface area contributed by atoms with Gasteiger partial charge in [-0.05, 0) is 61.0 Å². The van der Waals surface area contributed by atoms with Crippen molar-refractivity contribution in [3.05, 3.63) is 66.4 Å². The fourth-order valence-electron chi connectivity index (χ4n) is 3.65. The number of pyridine rings is 1. The second-order valence-electron chi connectivity index (χ2n) is 7.10. The highest BCUT2D eigenvalue weighted by atomic mass is 15.3. The number of aromatic nitrogens is 1. The number of nitrogen functional groups attached to an aromatic ring is 1. The molecule has 1 aromatic heterocycles. The summed E-state index contributed by atoms with van der Waals surface area (Å²) in [5.41, 5.74) is 10.8. The minimum absolute atomic E-state index is 0.296. The monoisotopic (exact) mass is 395 g/mol. The molecule has 2 heterocycles. The lowest BCUT2D eigenvalue weighted by Gasteiger charge is -2.27. The molecule has 3 aromatic rings. The SMILES string of the molecule is CC(=N)N1C(=N)CCN(c2ccc(C#N)cc2)c2cc(-c3ccc(N)nc3)ccc21. The molecule has 0 unspecified atom stereocenters. The van der Waals surface area contributed by atoms with Crippen molar-refractivity contribution in [3.8, 4) is 17.2 Å². The fraction of sp³-hybridized carbons (Fsp3) is 0.130. The second-order valence-corrected chi connectivity index (χ2v) is 7.10. The number of hydrogen-bond donors (Lipinski definition) is 3. The van der Waals surface area contributed by atoms with Crippen LogP contribution in [0.4, 0.5) is 22.9 Å². The van der Waals surface area contributed by atoms with Gasteiger partial charge in [-0.15, -0.1) is 0 Å². The van der Waals surface area contributed by atoms with Crippen LogP contribution in [0.15, 0.2) is 60.8 Å². The molecule has 2 aromatic carbocycles. The van der Waals surface area contributed by atoms with Gasteiger partial charge in [0, 0.05) is 30.4 Å². The summed E-state index contributed by atoms with van der Waals surface area (Å²) in [7, 11) is 0. The molecule has 0 fully saturated rings. The van der Waals surface area contributed by atoms with Crippen LogP contribution in [-0.4, -0.2) is 23.2 Å². The number of anilines is 4. The Labute approximate surface area is 175 Å². The van der Waals surface area contributed by atoms with E-state index in [1.807, 2.05) is 30.3 Å². The Morgan fingerprint density at radius 2 is 1.80 bits per heavy atom. The molecule has 0 atom stereocenters. The summed E-state index contributed by atoms with van der Waals surface area (Å²) in [6.45, 7) is 2.28. The number of nitriles is 1. The van der Waals surface area contributed by atoms with Gasteiger partial charge in [-0.3, -0.25) is 15.7 Å². The van der Waals surface area contributed by atoms with Gasteiger partial charge in [0.15, 0.2) is 0 Å². The highest BCUT2D eigenvalue weighted by molar-refractivity contribution is 6.19. The number of hydrogen-bond acceptors (Lipinski definition) is 6. The number of rotatable bonds is 2. The molecule has 0 aliphatic carbocycles. The van der Waals surface area contributed by atoms with E-state index in [-0.39, 0.29) is 0 Å². The van der Waals surface area contributed by atoms with Crippen molar-refractivity contribution < 1.29 is 0 Å². The number of amidine groups is 2. The lowest BCUT2D eigenvalue weighted by atomic mass is 10.0. The van der Waals surface area contributed by atoms with Gasteiger partial charge in [-0.2, -0.15) is 5.26 Å². The summed E-state index contributed by atoms with van der Waals surface area (Å²) in [5, 5.41) is 25.8. The van der Waals surface area contributed by atoms with Crippen LogP contribution >= 0.6 is 0 Å². The van der Waals surface area contributed by atoms with Crippen molar-refractivity contribution in [2.75, 3.05) is 22.1 Å². The molecule has 0 saturated heterocycles. The normalized spacial score (nSPS) is 13.4. The fourth-order valence-corrected chi connectivity index (χ4v) is 3.65. The summed E-state index contributed by atoms with van der Waals surface area (Å²) in [5.74, 6) is 1.14. The van der Waals surface area contributed by atoms with Crippen LogP contribution in [-0.2, 0) is 0 Å². The lowest BCUT2D eigenvalue weighted by molar-refractivity contribution is 0.969. The summed E-state index contributed by atoms with van der Waals surface area (Å²) in [4.78, 5) is 7.99. The average molecular weight is 395 g/mol. The molecule has 0 bridgehead atoms. The van der Waals surface area contributed by atoms with Gasteiger partial charge >= 0.3 is 0 Å². The topological polar surface area (TPSA) is 117 Å². The molecule has 1 aliphatic rings. The standard InChI is InChI=1S/C23H21N7/c1-15(25)30-20-8-4-17(18-5-9-22(26)28-14-18)12-21(20)29(11-10-23(30)27)19-6-2-16(13-24)3-7-19/h2-9,12,14,25,27H,10-11H2,1H3,(H2,26,28). The minimum Gasteiger partial charge on any atom is -0.384 e. The Morgan fingerprint density at radius 3 is 2.43 bits per heavy atom. The van der Waals surface area contributed by atoms with Crippen molar-refractivity contribution in [3.63, 3.8) is 0 Å². The van der Waals surface area contributed by atoms with Crippen molar-refractivity contribution in [1.29, 1.82) is 16.1 Å². The smallest absolute Gasteiger partial charge is 0.123 e. The van der Waals surface area contributed by atoms with E-state index in [4.69, 9.17) is 21.8 Å². The summed E-state index contributed by atoms with van der Waals surface area (Å²) >= 11 is 0. The van der Waals surface area contributed by atoms with Crippen LogP contribution in [0.1, 0.15) is 18.9 Å². The Hall–Kier alpha value is -4.18. The van der Waals surface area contributed by atoms with E-state index in [0.29, 0.717) is 36.0 Å². The largest absolute Gasteiger partial charge is 0.384 e. The van der Waals surface area contributed by atoms with Gasteiger partial charge in [0.1, 0.15) is 17.5 Å². The molecule has 0 amide bonds. The second kappa shape index (κ2) is 7.68. The van der Waals surface area contributed by atoms with E-state index in [9.17, 15) is 0 Å². The number of nitrogens with two attached hydrogens (primary N) is 1. The molecule has 30 heavy (non-hydrogen) atoms. The first kappa shape index (κ1) is 19.2. The molecule has 148 valence electrons. The van der Waals surface area contributed by atoms with E-state index >= 15 is 0 Å². The molecule has 0 saturated carbocycles. The molecule has 7 heteroatoms. The van der Waals surface area contributed by atoms with Gasteiger partial charge in [-0.25, -0.2) is 4.98 Å². The van der Waals surface area contributed by atoms with Crippen molar-refractivity contribution in [2.45, 2.75) is 13.3 Å². The number of benzene rings is 2. The average Bonchev–Trinajstić information content (AvgIpc) is 2.90. The van der Waals surface area contributed by atoms with E-state index in [0.717, 1.165) is 28.2 Å². The van der Waals surface area contributed by atoms with Crippen molar-refractivity contribution >= 4 is 34.6 Å². The highest BCUT2D eigenvalue weighted by Gasteiger charge is 2.26. The molecular formula is C23H21N7. The third-order valence-electron chi connectivity index (χ3n) is 5.11. The zero-order chi connectivity index (χ0) is 21.3. The van der Waals surface area contributed by atoms with E-state index in [1.54, 1.807) is 36.2 Å². The quantitative estimate of drug-likeness (QED) is 0.435. The van der Waals surface area contributed by atoms with Crippen LogP contribution in [0.3, 0.4) is 0 Å². The highest BCUT2D eigenvalue weighted by Crippen LogP contribution is 2.40. The zero-order valence-corrected chi connectivity index (χ0v) is 16.6. The van der Waals surface area contributed by atoms with Crippen molar-refractivity contribution in [1.82, 2.24) is 4.98 Å². The first-order chi connectivity index (χ1) is 14.5. The molecule has 0 spiro atoms. The number of nitrogens with zero attached hydrogens (tertiary/aromatic N) is 4. The minimum atomic E-state index is 0.296. The van der Waals surface area contributed by atoms with Gasteiger partial charge in [0.25, 0.3) is 0 Å². The van der Waals surface area contributed by atoms with Crippen LogP contribution in [0.2, 0.25) is 0 Å². The molecule has 1 aliphatic heterocycles.